The van der Waals surface area contributed by atoms with Gasteiger partial charge in [0.2, 0.25) is 0 Å². The summed E-state index contributed by atoms with van der Waals surface area (Å²) in [7, 11) is 0. The summed E-state index contributed by atoms with van der Waals surface area (Å²) in [5, 5.41) is 12.6. The summed E-state index contributed by atoms with van der Waals surface area (Å²) in [6.07, 6.45) is 2.74. The Kier molecular flexibility index (Phi) is 3.14. The molecule has 0 aromatic carbocycles. The third-order valence-electron chi connectivity index (χ3n) is 2.04. The van der Waals surface area contributed by atoms with Crippen LogP contribution < -0.4 is 5.32 Å². The van der Waals surface area contributed by atoms with Gasteiger partial charge in [0.05, 0.1) is 28.9 Å². The second kappa shape index (κ2) is 4.37. The predicted octanol–water partition coefficient (Wildman–Crippen LogP) is 0.253. The maximum atomic E-state index is 9.51. The van der Waals surface area contributed by atoms with E-state index in [0.717, 1.165) is 9.39 Å². The minimum Gasteiger partial charge on any atom is -0.388 e. The van der Waals surface area contributed by atoms with Crippen LogP contribution in [-0.2, 0) is 4.74 Å². The molecule has 2 rings (SSSR count). The number of nitrogens with one attached hydrogen (secondary N) is 1. The van der Waals surface area contributed by atoms with Crippen LogP contribution in [0.15, 0.2) is 12.5 Å². The fraction of sp³-hybridized carbons (Fsp3) is 0.500. The minimum absolute atomic E-state index is 0.0709. The topological polar surface area (TPSA) is 67.3 Å². The molecule has 2 heterocycles. The van der Waals surface area contributed by atoms with Crippen molar-refractivity contribution in [3.8, 4) is 0 Å². The van der Waals surface area contributed by atoms with Gasteiger partial charge in [-0.15, -0.1) is 0 Å². The minimum atomic E-state index is -0.458. The summed E-state index contributed by atoms with van der Waals surface area (Å²) in [6.45, 7) is 0.903. The van der Waals surface area contributed by atoms with Crippen LogP contribution >= 0.6 is 22.6 Å². The molecule has 6 heteroatoms. The van der Waals surface area contributed by atoms with Gasteiger partial charge in [-0.2, -0.15) is 0 Å². The largest absolute Gasteiger partial charge is 0.388 e. The molecule has 2 N–H and O–H groups in total. The van der Waals surface area contributed by atoms with Gasteiger partial charge in [-0.1, -0.05) is 0 Å². The van der Waals surface area contributed by atoms with E-state index in [2.05, 4.69) is 37.9 Å². The van der Waals surface area contributed by atoms with Crippen molar-refractivity contribution < 1.29 is 9.84 Å². The smallest absolute Gasteiger partial charge is 0.143 e. The second-order valence-electron chi connectivity index (χ2n) is 3.07. The third-order valence-corrected chi connectivity index (χ3v) is 2.83. The summed E-state index contributed by atoms with van der Waals surface area (Å²) in [6, 6.07) is -0.0709. The summed E-state index contributed by atoms with van der Waals surface area (Å²) in [5.41, 5.74) is 0. The molecule has 1 aliphatic rings. The standard InChI is InChI=1S/C8H10IN3O2/c9-5-1-10-4-11-8(5)12-6-2-14-3-7(6)13/h1,4,6-7,13H,2-3H2,(H,10,11,12). The van der Waals surface area contributed by atoms with E-state index in [1.807, 2.05) is 0 Å². The number of aliphatic hydroxyl groups is 1. The van der Waals surface area contributed by atoms with Crippen molar-refractivity contribution in [3.63, 3.8) is 0 Å². The van der Waals surface area contributed by atoms with Gasteiger partial charge in [0, 0.05) is 6.20 Å². The highest BCUT2D eigenvalue weighted by molar-refractivity contribution is 14.1. The lowest BCUT2D eigenvalue weighted by atomic mass is 10.2. The fourth-order valence-corrected chi connectivity index (χ4v) is 1.73. The van der Waals surface area contributed by atoms with E-state index in [4.69, 9.17) is 4.74 Å². The Labute approximate surface area is 95.0 Å². The molecule has 0 bridgehead atoms. The van der Waals surface area contributed by atoms with Gasteiger partial charge < -0.3 is 15.2 Å². The molecular weight excluding hydrogens is 297 g/mol. The summed E-state index contributed by atoms with van der Waals surface area (Å²) in [4.78, 5) is 7.97. The normalized spacial score (nSPS) is 26.4. The quantitative estimate of drug-likeness (QED) is 0.767. The van der Waals surface area contributed by atoms with E-state index in [-0.39, 0.29) is 6.04 Å². The van der Waals surface area contributed by atoms with Crippen molar-refractivity contribution in [3.05, 3.63) is 16.1 Å². The van der Waals surface area contributed by atoms with Crippen LogP contribution in [0.5, 0.6) is 0 Å². The van der Waals surface area contributed by atoms with Gasteiger partial charge in [0.1, 0.15) is 12.1 Å². The van der Waals surface area contributed by atoms with E-state index in [1.54, 1.807) is 6.20 Å². The average Bonchev–Trinajstić information content (AvgIpc) is 2.56. The van der Waals surface area contributed by atoms with Crippen LogP contribution in [0.2, 0.25) is 0 Å². The number of aliphatic hydroxyl groups excluding tert-OH is 1. The maximum absolute atomic E-state index is 9.51. The Balaban J connectivity index is 2.07. The molecule has 1 aromatic heterocycles. The van der Waals surface area contributed by atoms with Gasteiger partial charge in [0.15, 0.2) is 0 Å². The van der Waals surface area contributed by atoms with E-state index >= 15 is 0 Å². The van der Waals surface area contributed by atoms with Crippen LogP contribution in [0.4, 0.5) is 5.82 Å². The molecule has 1 aromatic rings. The highest BCUT2D eigenvalue weighted by atomic mass is 127. The molecule has 14 heavy (non-hydrogen) atoms. The molecule has 0 saturated carbocycles. The number of hydrogen-bond acceptors (Lipinski definition) is 5. The van der Waals surface area contributed by atoms with E-state index in [1.165, 1.54) is 6.33 Å². The first-order chi connectivity index (χ1) is 6.77. The first kappa shape index (κ1) is 10.1. The van der Waals surface area contributed by atoms with Crippen LogP contribution in [0, 0.1) is 3.57 Å². The van der Waals surface area contributed by atoms with Gasteiger partial charge in [-0.25, -0.2) is 9.97 Å². The number of ether oxygens (including phenoxy) is 1. The zero-order valence-electron chi connectivity index (χ0n) is 7.35. The zero-order valence-corrected chi connectivity index (χ0v) is 9.51. The van der Waals surface area contributed by atoms with Crippen molar-refractivity contribution in [2.45, 2.75) is 12.1 Å². The van der Waals surface area contributed by atoms with Gasteiger partial charge >= 0.3 is 0 Å². The number of nitrogens with zero attached hydrogens (tertiary/aromatic N) is 2. The molecule has 0 amide bonds. The van der Waals surface area contributed by atoms with Crippen LogP contribution in [0.25, 0.3) is 0 Å². The van der Waals surface area contributed by atoms with E-state index in [0.29, 0.717) is 13.2 Å². The number of hydrogen-bond donors (Lipinski definition) is 2. The predicted molar refractivity (Wildman–Crippen MR) is 59.0 cm³/mol. The van der Waals surface area contributed by atoms with Crippen molar-refractivity contribution in [2.24, 2.45) is 0 Å². The molecular formula is C8H10IN3O2. The first-order valence-electron chi connectivity index (χ1n) is 4.25. The summed E-state index contributed by atoms with van der Waals surface area (Å²) in [5.74, 6) is 0.746. The lowest BCUT2D eigenvalue weighted by molar-refractivity contribution is 0.125. The second-order valence-corrected chi connectivity index (χ2v) is 4.24. The molecule has 1 fully saturated rings. The van der Waals surface area contributed by atoms with Gasteiger partial charge in [-0.3, -0.25) is 0 Å². The molecule has 0 radical (unpaired) electrons. The lowest BCUT2D eigenvalue weighted by Gasteiger charge is -2.15. The fourth-order valence-electron chi connectivity index (χ4n) is 1.28. The Bertz CT molecular complexity index is 323. The molecule has 1 saturated heterocycles. The average molecular weight is 307 g/mol. The van der Waals surface area contributed by atoms with Crippen molar-refractivity contribution in [2.75, 3.05) is 18.5 Å². The highest BCUT2D eigenvalue weighted by Crippen LogP contribution is 2.16. The van der Waals surface area contributed by atoms with Crippen LogP contribution in [0.1, 0.15) is 0 Å². The van der Waals surface area contributed by atoms with E-state index < -0.39 is 6.10 Å². The molecule has 0 aliphatic carbocycles. The molecule has 0 spiro atoms. The third kappa shape index (κ3) is 2.12. The number of anilines is 1. The molecule has 5 nitrogen and oxygen atoms in total. The Morgan fingerprint density at radius 3 is 3.07 bits per heavy atom. The van der Waals surface area contributed by atoms with Crippen LogP contribution in [-0.4, -0.2) is 40.4 Å². The number of rotatable bonds is 2. The summed E-state index contributed by atoms with van der Waals surface area (Å²) < 4.78 is 6.06. The maximum Gasteiger partial charge on any atom is 0.143 e. The first-order valence-corrected chi connectivity index (χ1v) is 5.33. The highest BCUT2D eigenvalue weighted by Gasteiger charge is 2.26. The van der Waals surface area contributed by atoms with E-state index in [9.17, 15) is 5.11 Å². The van der Waals surface area contributed by atoms with Gasteiger partial charge in [-0.05, 0) is 22.6 Å². The van der Waals surface area contributed by atoms with Crippen molar-refractivity contribution >= 4 is 28.4 Å². The SMILES string of the molecule is OC1COCC1Nc1ncncc1I. The summed E-state index contributed by atoms with van der Waals surface area (Å²) >= 11 is 2.14. The number of halogens is 1. The Morgan fingerprint density at radius 2 is 2.43 bits per heavy atom. The van der Waals surface area contributed by atoms with Crippen molar-refractivity contribution in [1.82, 2.24) is 9.97 Å². The van der Waals surface area contributed by atoms with Crippen molar-refractivity contribution in [1.29, 1.82) is 0 Å². The van der Waals surface area contributed by atoms with Gasteiger partial charge in [0.25, 0.3) is 0 Å². The van der Waals surface area contributed by atoms with Crippen LogP contribution in [0.3, 0.4) is 0 Å². The Hall–Kier alpha value is -0.470. The molecule has 2 unspecified atom stereocenters. The number of aromatic nitrogens is 2. The zero-order chi connectivity index (χ0) is 9.97. The molecule has 76 valence electrons. The molecule has 1 aliphatic heterocycles. The lowest BCUT2D eigenvalue weighted by Crippen LogP contribution is -2.32. The molecule has 2 atom stereocenters. The Morgan fingerprint density at radius 1 is 1.57 bits per heavy atom. The monoisotopic (exact) mass is 307 g/mol.